The molecule has 1 fully saturated rings. The van der Waals surface area contributed by atoms with Crippen LogP contribution >= 0.6 is 11.6 Å². The van der Waals surface area contributed by atoms with Gasteiger partial charge in [0.1, 0.15) is 0 Å². The first kappa shape index (κ1) is 14.2. The molecular weight excluding hydrogens is 250 g/mol. The molecule has 2 unspecified atom stereocenters. The van der Waals surface area contributed by atoms with Crippen LogP contribution in [0.5, 0.6) is 0 Å². The maximum atomic E-state index is 11.7. The highest BCUT2D eigenvalue weighted by atomic mass is 35.5. The Morgan fingerprint density at radius 2 is 2.19 bits per heavy atom. The van der Waals surface area contributed by atoms with Crippen LogP contribution in [-0.2, 0) is 14.8 Å². The van der Waals surface area contributed by atoms with Crippen LogP contribution in [0, 0.1) is 5.92 Å². The van der Waals surface area contributed by atoms with Crippen molar-refractivity contribution in [1.29, 1.82) is 0 Å². The van der Waals surface area contributed by atoms with E-state index in [0.29, 0.717) is 6.61 Å². The predicted octanol–water partition coefficient (Wildman–Crippen LogP) is 1.35. The zero-order valence-corrected chi connectivity index (χ0v) is 11.4. The molecule has 16 heavy (non-hydrogen) atoms. The maximum absolute atomic E-state index is 11.7. The van der Waals surface area contributed by atoms with Gasteiger partial charge in [0, 0.05) is 18.5 Å². The molecule has 1 heterocycles. The summed E-state index contributed by atoms with van der Waals surface area (Å²) in [5.41, 5.74) is 0. The lowest BCUT2D eigenvalue weighted by molar-refractivity contribution is 0.127. The van der Waals surface area contributed by atoms with Crippen molar-refractivity contribution in [2.45, 2.75) is 38.2 Å². The van der Waals surface area contributed by atoms with E-state index < -0.39 is 10.0 Å². The van der Waals surface area contributed by atoms with Gasteiger partial charge in [-0.25, -0.2) is 13.1 Å². The van der Waals surface area contributed by atoms with Crippen LogP contribution in [0.4, 0.5) is 0 Å². The summed E-state index contributed by atoms with van der Waals surface area (Å²) in [6, 6.07) is 0. The molecule has 0 aromatic carbocycles. The Bertz CT molecular complexity index is 299. The Morgan fingerprint density at radius 1 is 1.50 bits per heavy atom. The molecule has 1 rings (SSSR count). The Kier molecular flexibility index (Phi) is 5.50. The first-order chi connectivity index (χ1) is 7.41. The lowest BCUT2D eigenvalue weighted by atomic mass is 10.1. The molecule has 0 aromatic rings. The van der Waals surface area contributed by atoms with E-state index in [0.717, 1.165) is 12.8 Å². The van der Waals surface area contributed by atoms with Crippen molar-refractivity contribution in [3.05, 3.63) is 0 Å². The quantitative estimate of drug-likeness (QED) is 0.741. The average molecular weight is 270 g/mol. The van der Waals surface area contributed by atoms with Crippen LogP contribution in [0.2, 0.25) is 0 Å². The average Bonchev–Trinajstić information content (AvgIpc) is 2.65. The van der Waals surface area contributed by atoms with Gasteiger partial charge < -0.3 is 4.74 Å². The van der Waals surface area contributed by atoms with Crippen molar-refractivity contribution in [1.82, 2.24) is 4.72 Å². The topological polar surface area (TPSA) is 55.4 Å². The molecule has 2 atom stereocenters. The molecule has 0 aliphatic carbocycles. The van der Waals surface area contributed by atoms with Gasteiger partial charge in [-0.05, 0) is 18.8 Å². The highest BCUT2D eigenvalue weighted by Gasteiger charge is 2.23. The summed E-state index contributed by atoms with van der Waals surface area (Å²) in [4.78, 5) is 0. The van der Waals surface area contributed by atoms with Crippen molar-refractivity contribution in [3.8, 4) is 0 Å². The number of halogens is 1. The van der Waals surface area contributed by atoms with Gasteiger partial charge in [0.2, 0.25) is 10.0 Å². The molecule has 4 nitrogen and oxygen atoms in total. The Hall–Kier alpha value is 0.160. The van der Waals surface area contributed by atoms with Gasteiger partial charge in [-0.3, -0.25) is 0 Å². The van der Waals surface area contributed by atoms with Gasteiger partial charge in [0.25, 0.3) is 0 Å². The molecule has 0 bridgehead atoms. The molecule has 0 spiro atoms. The van der Waals surface area contributed by atoms with E-state index in [-0.39, 0.29) is 29.7 Å². The van der Waals surface area contributed by atoms with E-state index in [2.05, 4.69) is 4.72 Å². The number of hydrogen-bond donors (Lipinski definition) is 1. The number of nitrogens with one attached hydrogen (secondary N) is 1. The highest BCUT2D eigenvalue weighted by molar-refractivity contribution is 7.89. The third-order valence-electron chi connectivity index (χ3n) is 2.65. The van der Waals surface area contributed by atoms with Gasteiger partial charge in [-0.1, -0.05) is 13.8 Å². The van der Waals surface area contributed by atoms with Crippen LogP contribution in [0.3, 0.4) is 0 Å². The third kappa shape index (κ3) is 4.99. The summed E-state index contributed by atoms with van der Waals surface area (Å²) < 4.78 is 31.1. The van der Waals surface area contributed by atoms with Gasteiger partial charge in [0.15, 0.2) is 0 Å². The minimum Gasteiger partial charge on any atom is -0.377 e. The number of alkyl halides is 1. The van der Waals surface area contributed by atoms with Crippen LogP contribution < -0.4 is 4.72 Å². The van der Waals surface area contributed by atoms with Crippen molar-refractivity contribution in [3.63, 3.8) is 0 Å². The molecule has 96 valence electrons. The zero-order valence-electron chi connectivity index (χ0n) is 9.78. The van der Waals surface area contributed by atoms with Gasteiger partial charge >= 0.3 is 0 Å². The minimum absolute atomic E-state index is 0.0503. The third-order valence-corrected chi connectivity index (χ3v) is 4.73. The summed E-state index contributed by atoms with van der Waals surface area (Å²) in [5.74, 6) is 0.307. The zero-order chi connectivity index (χ0) is 12.2. The molecule has 1 aliphatic heterocycles. The first-order valence-electron chi connectivity index (χ1n) is 5.64. The van der Waals surface area contributed by atoms with E-state index in [9.17, 15) is 8.42 Å². The fraction of sp³-hybridized carbons (Fsp3) is 1.00. The van der Waals surface area contributed by atoms with Crippen molar-refractivity contribution in [2.75, 3.05) is 18.9 Å². The largest absolute Gasteiger partial charge is 0.377 e. The van der Waals surface area contributed by atoms with Crippen LogP contribution in [-0.4, -0.2) is 38.8 Å². The molecule has 6 heteroatoms. The molecule has 1 aliphatic rings. The Balaban J connectivity index is 2.33. The summed E-state index contributed by atoms with van der Waals surface area (Å²) in [6.07, 6.45) is 1.63. The number of hydrogen-bond acceptors (Lipinski definition) is 3. The number of ether oxygens (including phenoxy) is 1. The lowest BCUT2D eigenvalue weighted by Gasteiger charge is -2.15. The molecule has 0 amide bonds. The maximum Gasteiger partial charge on any atom is 0.214 e. The molecular formula is C10H20ClNO3S. The molecule has 0 aromatic heterocycles. The number of sulfonamides is 1. The van der Waals surface area contributed by atoms with Crippen LogP contribution in [0.1, 0.15) is 26.7 Å². The van der Waals surface area contributed by atoms with E-state index in [1.165, 1.54) is 0 Å². The SMILES string of the molecule is CC(C)C(Cl)CNS(=O)(=O)CC1CCCO1. The van der Waals surface area contributed by atoms with E-state index in [1.807, 2.05) is 13.8 Å². The first-order valence-corrected chi connectivity index (χ1v) is 7.72. The van der Waals surface area contributed by atoms with E-state index >= 15 is 0 Å². The number of rotatable bonds is 6. The predicted molar refractivity (Wildman–Crippen MR) is 65.2 cm³/mol. The van der Waals surface area contributed by atoms with E-state index in [1.54, 1.807) is 0 Å². The highest BCUT2D eigenvalue weighted by Crippen LogP contribution is 2.14. The second-order valence-electron chi connectivity index (χ2n) is 4.52. The molecule has 1 saturated heterocycles. The Morgan fingerprint density at radius 3 is 2.69 bits per heavy atom. The van der Waals surface area contributed by atoms with Crippen molar-refractivity contribution in [2.24, 2.45) is 5.92 Å². The van der Waals surface area contributed by atoms with Crippen molar-refractivity contribution >= 4 is 21.6 Å². The van der Waals surface area contributed by atoms with Crippen LogP contribution in [0.15, 0.2) is 0 Å². The second-order valence-corrected chi connectivity index (χ2v) is 6.94. The fourth-order valence-corrected chi connectivity index (χ4v) is 2.99. The minimum atomic E-state index is -3.25. The summed E-state index contributed by atoms with van der Waals surface area (Å²) in [5, 5.41) is -0.167. The smallest absolute Gasteiger partial charge is 0.214 e. The standard InChI is InChI=1S/C10H20ClNO3S/c1-8(2)10(11)6-12-16(13,14)7-9-4-3-5-15-9/h8-10,12H,3-7H2,1-2H3. The lowest BCUT2D eigenvalue weighted by Crippen LogP contribution is -2.36. The summed E-state index contributed by atoms with van der Waals surface area (Å²) in [6.45, 7) is 4.89. The van der Waals surface area contributed by atoms with Gasteiger partial charge in [0.05, 0.1) is 11.9 Å². The Labute approximate surface area is 103 Å². The van der Waals surface area contributed by atoms with Crippen LogP contribution in [0.25, 0.3) is 0 Å². The van der Waals surface area contributed by atoms with Gasteiger partial charge in [-0.2, -0.15) is 0 Å². The fourth-order valence-electron chi connectivity index (χ4n) is 1.52. The summed E-state index contributed by atoms with van der Waals surface area (Å²) in [7, 11) is -3.25. The second kappa shape index (κ2) is 6.19. The normalized spacial score (nSPS) is 23.9. The van der Waals surface area contributed by atoms with Gasteiger partial charge in [-0.15, -0.1) is 11.6 Å². The van der Waals surface area contributed by atoms with E-state index in [4.69, 9.17) is 16.3 Å². The molecule has 0 saturated carbocycles. The van der Waals surface area contributed by atoms with Crippen molar-refractivity contribution < 1.29 is 13.2 Å². The monoisotopic (exact) mass is 269 g/mol. The summed E-state index contributed by atoms with van der Waals surface area (Å²) >= 11 is 5.98. The molecule has 1 N–H and O–H groups in total. The molecule has 0 radical (unpaired) electrons.